The summed E-state index contributed by atoms with van der Waals surface area (Å²) in [4.78, 5) is 10.1. The molecule has 3 heterocycles. The zero-order valence-electron chi connectivity index (χ0n) is 11.2. The first-order valence-electron chi connectivity index (χ1n) is 6.50. The van der Waals surface area contributed by atoms with Crippen molar-refractivity contribution in [3.05, 3.63) is 35.2 Å². The first-order valence-corrected chi connectivity index (χ1v) is 6.50. The van der Waals surface area contributed by atoms with E-state index in [1.807, 2.05) is 0 Å². The Bertz CT molecular complexity index is 516. The number of fused-ring (bicyclic) bond motifs is 1. The van der Waals surface area contributed by atoms with Crippen molar-refractivity contribution in [3.63, 3.8) is 0 Å². The molecule has 0 bridgehead atoms. The van der Waals surface area contributed by atoms with Gasteiger partial charge in [-0.15, -0.1) is 0 Å². The van der Waals surface area contributed by atoms with E-state index < -0.39 is 0 Å². The van der Waals surface area contributed by atoms with Crippen molar-refractivity contribution in [2.75, 3.05) is 19.6 Å². The van der Waals surface area contributed by atoms with Crippen LogP contribution in [-0.4, -0.2) is 34.5 Å². The van der Waals surface area contributed by atoms with E-state index in [4.69, 9.17) is 0 Å². The highest BCUT2D eigenvalue weighted by molar-refractivity contribution is 5.59. The van der Waals surface area contributed by atoms with Gasteiger partial charge in [-0.3, -0.25) is 0 Å². The predicted molar refractivity (Wildman–Crippen MR) is 72.9 cm³/mol. The first kappa shape index (κ1) is 11.4. The van der Waals surface area contributed by atoms with Crippen LogP contribution < -0.4 is 5.32 Å². The van der Waals surface area contributed by atoms with Crippen molar-refractivity contribution in [2.45, 2.75) is 26.2 Å². The number of hydrogen-bond acceptors (Lipinski definition) is 3. The molecule has 1 aromatic heterocycles. The van der Waals surface area contributed by atoms with Crippen LogP contribution in [0.4, 0.5) is 0 Å². The molecule has 0 radical (unpaired) electrons. The Labute approximate surface area is 108 Å². The Morgan fingerprint density at radius 2 is 2.22 bits per heavy atom. The van der Waals surface area contributed by atoms with E-state index in [-0.39, 0.29) is 5.41 Å². The van der Waals surface area contributed by atoms with Gasteiger partial charge < -0.3 is 15.2 Å². The van der Waals surface area contributed by atoms with E-state index in [9.17, 15) is 0 Å². The average Bonchev–Trinajstić information content (AvgIpc) is 2.68. The number of piperazine rings is 1. The monoisotopic (exact) mass is 244 g/mol. The summed E-state index contributed by atoms with van der Waals surface area (Å²) in [6.07, 6.45) is 6.21. The molecule has 2 aliphatic rings. The second kappa shape index (κ2) is 3.90. The summed E-state index contributed by atoms with van der Waals surface area (Å²) in [6, 6.07) is 0. The van der Waals surface area contributed by atoms with E-state index >= 15 is 0 Å². The quantitative estimate of drug-likeness (QED) is 0.792. The second-order valence-corrected chi connectivity index (χ2v) is 5.93. The van der Waals surface area contributed by atoms with Crippen LogP contribution in [0.1, 0.15) is 32.2 Å². The molecule has 1 saturated heterocycles. The van der Waals surface area contributed by atoms with Gasteiger partial charge in [0.05, 0.1) is 23.4 Å². The zero-order chi connectivity index (χ0) is 12.8. The number of nitrogens with one attached hydrogen (secondary N) is 2. The van der Waals surface area contributed by atoms with Gasteiger partial charge in [0.25, 0.3) is 0 Å². The Balaban J connectivity index is 1.95. The van der Waals surface area contributed by atoms with Crippen LogP contribution >= 0.6 is 0 Å². The van der Waals surface area contributed by atoms with Gasteiger partial charge in [-0.2, -0.15) is 0 Å². The summed E-state index contributed by atoms with van der Waals surface area (Å²) in [6.45, 7) is 9.80. The summed E-state index contributed by atoms with van der Waals surface area (Å²) in [5.74, 6) is 0. The molecular weight excluding hydrogens is 224 g/mol. The summed E-state index contributed by atoms with van der Waals surface area (Å²) < 4.78 is 0. The van der Waals surface area contributed by atoms with Crippen LogP contribution in [0, 0.1) is 0 Å². The fourth-order valence-electron chi connectivity index (χ4n) is 2.50. The number of hydrogen-bond donors (Lipinski definition) is 2. The van der Waals surface area contributed by atoms with Crippen molar-refractivity contribution in [1.82, 2.24) is 20.2 Å². The minimum absolute atomic E-state index is 0.0885. The molecule has 0 aliphatic carbocycles. The SMILES string of the molecule is CC(C)(C)c1[nH]cnc1/C=C1\NCCN2CC=C12. The predicted octanol–water partition coefficient (Wildman–Crippen LogP) is 1.85. The molecule has 1 fully saturated rings. The zero-order valence-corrected chi connectivity index (χ0v) is 11.2. The average molecular weight is 244 g/mol. The van der Waals surface area contributed by atoms with Gasteiger partial charge >= 0.3 is 0 Å². The molecule has 0 aromatic carbocycles. The normalized spacial score (nSPS) is 21.2. The molecule has 4 heteroatoms. The number of H-pyrrole nitrogens is 1. The third-order valence-electron chi connectivity index (χ3n) is 3.52. The molecule has 0 saturated carbocycles. The molecule has 2 aliphatic heterocycles. The number of imidazole rings is 1. The number of rotatable bonds is 1. The molecule has 96 valence electrons. The highest BCUT2D eigenvalue weighted by Crippen LogP contribution is 2.28. The van der Waals surface area contributed by atoms with Crippen LogP contribution in [0.5, 0.6) is 0 Å². The maximum absolute atomic E-state index is 4.44. The molecule has 0 amide bonds. The van der Waals surface area contributed by atoms with E-state index in [1.54, 1.807) is 6.33 Å². The molecule has 1 aromatic rings. The van der Waals surface area contributed by atoms with E-state index in [2.05, 4.69) is 53.1 Å². The summed E-state index contributed by atoms with van der Waals surface area (Å²) in [5.41, 5.74) is 4.84. The van der Waals surface area contributed by atoms with Crippen LogP contribution in [0.25, 0.3) is 6.08 Å². The standard InChI is InChI=1S/C14H20N4/c1-14(2,3)13-11(16-9-17-13)8-10-12-4-6-18(12)7-5-15-10/h4,8-9,15H,5-7H2,1-3H3,(H,16,17)/b10-8-. The molecular formula is C14H20N4. The highest BCUT2D eigenvalue weighted by Gasteiger charge is 2.26. The summed E-state index contributed by atoms with van der Waals surface area (Å²) in [7, 11) is 0. The minimum atomic E-state index is 0.0885. The first-order chi connectivity index (χ1) is 8.55. The van der Waals surface area contributed by atoms with E-state index in [1.165, 1.54) is 17.1 Å². The molecule has 2 N–H and O–H groups in total. The Kier molecular flexibility index (Phi) is 2.47. The number of nitrogens with zero attached hydrogens (tertiary/aromatic N) is 2. The molecule has 0 spiro atoms. The number of aromatic amines is 1. The third-order valence-corrected chi connectivity index (χ3v) is 3.52. The minimum Gasteiger partial charge on any atom is -0.382 e. The molecule has 18 heavy (non-hydrogen) atoms. The van der Waals surface area contributed by atoms with Crippen molar-refractivity contribution in [2.24, 2.45) is 0 Å². The maximum Gasteiger partial charge on any atom is 0.0929 e. The molecule has 0 unspecified atom stereocenters. The smallest absolute Gasteiger partial charge is 0.0929 e. The van der Waals surface area contributed by atoms with Gasteiger partial charge in [0, 0.05) is 30.7 Å². The maximum atomic E-state index is 4.44. The second-order valence-electron chi connectivity index (χ2n) is 5.93. The number of aromatic nitrogens is 2. The van der Waals surface area contributed by atoms with Crippen molar-refractivity contribution in [1.29, 1.82) is 0 Å². The fourth-order valence-corrected chi connectivity index (χ4v) is 2.50. The van der Waals surface area contributed by atoms with E-state index in [0.717, 1.165) is 25.3 Å². The molecule has 0 atom stereocenters. The lowest BCUT2D eigenvalue weighted by Gasteiger charge is -2.39. The van der Waals surface area contributed by atoms with E-state index in [0.29, 0.717) is 0 Å². The van der Waals surface area contributed by atoms with Crippen molar-refractivity contribution in [3.8, 4) is 0 Å². The largest absolute Gasteiger partial charge is 0.382 e. The van der Waals surface area contributed by atoms with Gasteiger partial charge in [0.1, 0.15) is 0 Å². The Morgan fingerprint density at radius 1 is 1.39 bits per heavy atom. The van der Waals surface area contributed by atoms with Crippen LogP contribution in [0.2, 0.25) is 0 Å². The van der Waals surface area contributed by atoms with Crippen molar-refractivity contribution < 1.29 is 0 Å². The molecule has 3 rings (SSSR count). The Hall–Kier alpha value is -1.71. The van der Waals surface area contributed by atoms with Gasteiger partial charge in [-0.05, 0) is 12.2 Å². The van der Waals surface area contributed by atoms with Gasteiger partial charge in [-0.25, -0.2) is 4.98 Å². The lowest BCUT2D eigenvalue weighted by atomic mass is 9.90. The highest BCUT2D eigenvalue weighted by atomic mass is 15.2. The molecule has 4 nitrogen and oxygen atoms in total. The third kappa shape index (κ3) is 1.82. The van der Waals surface area contributed by atoms with Crippen LogP contribution in [-0.2, 0) is 5.41 Å². The van der Waals surface area contributed by atoms with Crippen LogP contribution in [0.15, 0.2) is 23.8 Å². The Morgan fingerprint density at radius 3 is 2.89 bits per heavy atom. The van der Waals surface area contributed by atoms with Gasteiger partial charge in [0.15, 0.2) is 0 Å². The lowest BCUT2D eigenvalue weighted by Crippen LogP contribution is -2.45. The van der Waals surface area contributed by atoms with Gasteiger partial charge in [0.2, 0.25) is 0 Å². The van der Waals surface area contributed by atoms with Crippen molar-refractivity contribution >= 4 is 6.08 Å². The lowest BCUT2D eigenvalue weighted by molar-refractivity contribution is 0.313. The fraction of sp³-hybridized carbons (Fsp3) is 0.500. The van der Waals surface area contributed by atoms with Gasteiger partial charge in [-0.1, -0.05) is 20.8 Å². The topological polar surface area (TPSA) is 44.0 Å². The van der Waals surface area contributed by atoms with Crippen LogP contribution in [0.3, 0.4) is 0 Å². The summed E-state index contributed by atoms with van der Waals surface area (Å²) >= 11 is 0. The summed E-state index contributed by atoms with van der Waals surface area (Å²) in [5, 5.41) is 3.46.